The number of aliphatic imine (C=N–C) groups is 1. The van der Waals surface area contributed by atoms with Gasteiger partial charge in [-0.3, -0.25) is 4.99 Å². The molecule has 1 aromatic heterocycles. The standard InChI is InChI=1S/C18H30N6.HI/c1-19-18(21-14-16(22(2)3)15-7-8-15)24-12-10-23(11-13-24)17-6-4-5-9-20-17;/h4-6,9,15-16H,7-8,10-14H2,1-3H3,(H,19,21);1H. The van der Waals surface area contributed by atoms with Crippen molar-refractivity contribution >= 4 is 35.8 Å². The van der Waals surface area contributed by atoms with E-state index in [4.69, 9.17) is 0 Å². The van der Waals surface area contributed by atoms with E-state index >= 15 is 0 Å². The van der Waals surface area contributed by atoms with Crippen LogP contribution in [-0.2, 0) is 0 Å². The summed E-state index contributed by atoms with van der Waals surface area (Å²) in [5.41, 5.74) is 0. The number of likely N-dealkylation sites (N-methyl/N-ethyl adjacent to an activating group) is 1. The summed E-state index contributed by atoms with van der Waals surface area (Å²) in [5, 5.41) is 3.60. The Balaban J connectivity index is 0.00000225. The molecule has 2 fully saturated rings. The number of hydrogen-bond donors (Lipinski definition) is 1. The lowest BCUT2D eigenvalue weighted by molar-refractivity contribution is 0.260. The van der Waals surface area contributed by atoms with Crippen molar-refractivity contribution < 1.29 is 0 Å². The lowest BCUT2D eigenvalue weighted by atomic mass is 10.1. The largest absolute Gasteiger partial charge is 0.355 e. The normalized spacial score (nSPS) is 19.6. The van der Waals surface area contributed by atoms with Crippen molar-refractivity contribution in [3.63, 3.8) is 0 Å². The van der Waals surface area contributed by atoms with Crippen molar-refractivity contribution in [1.82, 2.24) is 20.1 Å². The van der Waals surface area contributed by atoms with Crippen molar-refractivity contribution in [2.75, 3.05) is 58.8 Å². The summed E-state index contributed by atoms with van der Waals surface area (Å²) in [6, 6.07) is 6.71. The molecule has 1 unspecified atom stereocenters. The molecular weight excluding hydrogens is 427 g/mol. The molecule has 0 spiro atoms. The molecule has 1 saturated carbocycles. The Hall–Kier alpha value is -1.09. The van der Waals surface area contributed by atoms with Gasteiger partial charge in [-0.1, -0.05) is 6.07 Å². The van der Waals surface area contributed by atoms with Crippen LogP contribution in [0.3, 0.4) is 0 Å². The van der Waals surface area contributed by atoms with Gasteiger partial charge >= 0.3 is 0 Å². The van der Waals surface area contributed by atoms with Crippen molar-refractivity contribution in [2.45, 2.75) is 18.9 Å². The molecule has 7 heteroatoms. The van der Waals surface area contributed by atoms with Crippen LogP contribution in [0, 0.1) is 5.92 Å². The maximum atomic E-state index is 4.50. The predicted octanol–water partition coefficient (Wildman–Crippen LogP) is 1.74. The summed E-state index contributed by atoms with van der Waals surface area (Å²) in [6.07, 6.45) is 4.60. The van der Waals surface area contributed by atoms with Crippen LogP contribution in [0.25, 0.3) is 0 Å². The second kappa shape index (κ2) is 9.56. The number of rotatable bonds is 5. The zero-order valence-corrected chi connectivity index (χ0v) is 17.9. The van der Waals surface area contributed by atoms with E-state index in [0.29, 0.717) is 6.04 Å². The molecule has 140 valence electrons. The van der Waals surface area contributed by atoms with Gasteiger partial charge in [-0.2, -0.15) is 0 Å². The SMILES string of the molecule is CN=C(NCC(C1CC1)N(C)C)N1CCN(c2ccccn2)CC1.I. The lowest BCUT2D eigenvalue weighted by Gasteiger charge is -2.37. The number of hydrogen-bond acceptors (Lipinski definition) is 4. The lowest BCUT2D eigenvalue weighted by Crippen LogP contribution is -2.54. The first-order valence-electron chi connectivity index (χ1n) is 8.97. The molecule has 0 bridgehead atoms. The minimum absolute atomic E-state index is 0. The van der Waals surface area contributed by atoms with E-state index in [2.05, 4.69) is 56.2 Å². The van der Waals surface area contributed by atoms with Crippen LogP contribution in [-0.4, -0.2) is 80.7 Å². The van der Waals surface area contributed by atoms with Gasteiger partial charge in [0.05, 0.1) is 0 Å². The molecule has 3 rings (SSSR count). The summed E-state index contributed by atoms with van der Waals surface area (Å²) in [5.74, 6) is 2.95. The number of nitrogens with zero attached hydrogens (tertiary/aromatic N) is 5. The van der Waals surface area contributed by atoms with Gasteiger partial charge in [0.15, 0.2) is 5.96 Å². The van der Waals surface area contributed by atoms with Crippen LogP contribution in [0.4, 0.5) is 5.82 Å². The topological polar surface area (TPSA) is 47.0 Å². The highest BCUT2D eigenvalue weighted by atomic mass is 127. The van der Waals surface area contributed by atoms with Crippen molar-refractivity contribution in [3.8, 4) is 0 Å². The number of pyridine rings is 1. The number of aromatic nitrogens is 1. The first-order valence-corrected chi connectivity index (χ1v) is 8.97. The van der Waals surface area contributed by atoms with Gasteiger partial charge in [0.2, 0.25) is 0 Å². The number of anilines is 1. The van der Waals surface area contributed by atoms with Crippen molar-refractivity contribution in [2.24, 2.45) is 10.9 Å². The van der Waals surface area contributed by atoms with Crippen LogP contribution in [0.15, 0.2) is 29.4 Å². The summed E-state index contributed by atoms with van der Waals surface area (Å²) < 4.78 is 0. The van der Waals surface area contributed by atoms with Crippen LogP contribution < -0.4 is 10.2 Å². The maximum Gasteiger partial charge on any atom is 0.193 e. The van der Waals surface area contributed by atoms with Gasteiger partial charge < -0.3 is 20.0 Å². The van der Waals surface area contributed by atoms with Crippen LogP contribution in [0.1, 0.15) is 12.8 Å². The third-order valence-corrected chi connectivity index (χ3v) is 5.06. The highest BCUT2D eigenvalue weighted by molar-refractivity contribution is 14.0. The molecule has 1 atom stereocenters. The molecule has 6 nitrogen and oxygen atoms in total. The molecule has 0 radical (unpaired) electrons. The number of guanidine groups is 1. The van der Waals surface area contributed by atoms with E-state index in [0.717, 1.165) is 50.4 Å². The molecule has 1 N–H and O–H groups in total. The zero-order chi connectivity index (χ0) is 16.9. The fraction of sp³-hybridized carbons (Fsp3) is 0.667. The summed E-state index contributed by atoms with van der Waals surface area (Å²) in [6.45, 7) is 4.90. The zero-order valence-electron chi connectivity index (χ0n) is 15.6. The van der Waals surface area contributed by atoms with Gasteiger partial charge in [-0.05, 0) is 45.0 Å². The third-order valence-electron chi connectivity index (χ3n) is 5.06. The van der Waals surface area contributed by atoms with Crippen LogP contribution in [0.5, 0.6) is 0 Å². The quantitative estimate of drug-likeness (QED) is 0.414. The fourth-order valence-electron chi connectivity index (χ4n) is 3.47. The molecule has 1 aliphatic carbocycles. The highest BCUT2D eigenvalue weighted by Gasteiger charge is 2.33. The van der Waals surface area contributed by atoms with E-state index < -0.39 is 0 Å². The van der Waals surface area contributed by atoms with E-state index in [9.17, 15) is 0 Å². The van der Waals surface area contributed by atoms with Gasteiger partial charge in [-0.15, -0.1) is 24.0 Å². The van der Waals surface area contributed by atoms with Crippen LogP contribution in [0.2, 0.25) is 0 Å². The van der Waals surface area contributed by atoms with Gasteiger partial charge in [0.25, 0.3) is 0 Å². The van der Waals surface area contributed by atoms with Crippen LogP contribution >= 0.6 is 24.0 Å². The Bertz CT molecular complexity index is 536. The molecule has 0 aromatic carbocycles. The smallest absolute Gasteiger partial charge is 0.193 e. The number of piperazine rings is 1. The average Bonchev–Trinajstić information content (AvgIpc) is 3.44. The third kappa shape index (κ3) is 5.44. The second-order valence-electron chi connectivity index (χ2n) is 6.96. The second-order valence-corrected chi connectivity index (χ2v) is 6.96. The van der Waals surface area contributed by atoms with E-state index in [1.807, 2.05) is 19.3 Å². The Labute approximate surface area is 168 Å². The first-order chi connectivity index (χ1) is 11.7. The monoisotopic (exact) mass is 458 g/mol. The number of halogens is 1. The Morgan fingerprint density at radius 3 is 2.52 bits per heavy atom. The first kappa shape index (κ1) is 20.2. The summed E-state index contributed by atoms with van der Waals surface area (Å²) >= 11 is 0. The minimum Gasteiger partial charge on any atom is -0.355 e. The summed E-state index contributed by atoms with van der Waals surface area (Å²) in [7, 11) is 6.24. The molecular formula is C18H31IN6. The predicted molar refractivity (Wildman–Crippen MR) is 115 cm³/mol. The van der Waals surface area contributed by atoms with E-state index in [1.165, 1.54) is 12.8 Å². The average molecular weight is 458 g/mol. The molecule has 2 heterocycles. The maximum absolute atomic E-state index is 4.50. The van der Waals surface area contributed by atoms with E-state index in [1.54, 1.807) is 0 Å². The Morgan fingerprint density at radius 2 is 2.00 bits per heavy atom. The van der Waals surface area contributed by atoms with Gasteiger partial charge in [0.1, 0.15) is 5.82 Å². The van der Waals surface area contributed by atoms with Crippen molar-refractivity contribution in [3.05, 3.63) is 24.4 Å². The molecule has 1 aliphatic heterocycles. The molecule has 0 amide bonds. The molecule has 2 aliphatic rings. The van der Waals surface area contributed by atoms with Gasteiger partial charge in [0, 0.05) is 52.0 Å². The molecule has 1 aromatic rings. The highest BCUT2D eigenvalue weighted by Crippen LogP contribution is 2.34. The fourth-order valence-corrected chi connectivity index (χ4v) is 3.47. The summed E-state index contributed by atoms with van der Waals surface area (Å²) in [4.78, 5) is 16.0. The molecule has 1 saturated heterocycles. The number of nitrogens with one attached hydrogen (secondary N) is 1. The Kier molecular flexibility index (Phi) is 7.74. The molecule has 25 heavy (non-hydrogen) atoms. The van der Waals surface area contributed by atoms with Gasteiger partial charge in [-0.25, -0.2) is 4.98 Å². The Morgan fingerprint density at radius 1 is 1.28 bits per heavy atom. The van der Waals surface area contributed by atoms with Crippen molar-refractivity contribution in [1.29, 1.82) is 0 Å². The minimum atomic E-state index is 0. The van der Waals surface area contributed by atoms with E-state index in [-0.39, 0.29) is 24.0 Å².